The van der Waals surface area contributed by atoms with Crippen LogP contribution < -0.4 is 16.6 Å². The molecule has 1 aromatic carbocycles. The van der Waals surface area contributed by atoms with Gasteiger partial charge in [0.2, 0.25) is 11.8 Å². The first-order valence-electron chi connectivity index (χ1n) is 10.1. The van der Waals surface area contributed by atoms with Crippen molar-refractivity contribution in [3.63, 3.8) is 0 Å². The molecule has 2 aromatic rings. The third kappa shape index (κ3) is 4.97. The second-order valence-corrected chi connectivity index (χ2v) is 9.67. The van der Waals surface area contributed by atoms with Crippen LogP contribution >= 0.6 is 23.5 Å². The molecule has 2 atom stereocenters. The summed E-state index contributed by atoms with van der Waals surface area (Å²) in [6.07, 6.45) is 0.313. The molecule has 2 amide bonds. The highest BCUT2D eigenvalue weighted by Gasteiger charge is 2.48. The number of β-lactam (4-membered cyclic amide) rings is 1. The van der Waals surface area contributed by atoms with Gasteiger partial charge in [0.25, 0.3) is 5.56 Å². The number of nitrogens with one attached hydrogen (secondary N) is 2. The van der Waals surface area contributed by atoms with Crippen LogP contribution in [0.3, 0.4) is 0 Å². The Bertz CT molecular complexity index is 1180. The Morgan fingerprint density at radius 1 is 1.24 bits per heavy atom. The summed E-state index contributed by atoms with van der Waals surface area (Å²) in [5.74, 6) is -1.61. The van der Waals surface area contributed by atoms with E-state index >= 15 is 0 Å². The van der Waals surface area contributed by atoms with Crippen LogP contribution in [0.15, 0.2) is 57.5 Å². The lowest BCUT2D eigenvalue weighted by Gasteiger charge is -2.46. The Hall–Kier alpha value is -3.09. The van der Waals surface area contributed by atoms with Crippen molar-refractivity contribution in [1.29, 1.82) is 0 Å². The number of benzene rings is 1. The highest BCUT2D eigenvalue weighted by molar-refractivity contribution is 8.01. The van der Waals surface area contributed by atoms with Gasteiger partial charge in [-0.1, -0.05) is 24.3 Å². The van der Waals surface area contributed by atoms with Crippen molar-refractivity contribution < 1.29 is 19.5 Å². The third-order valence-corrected chi connectivity index (χ3v) is 7.62. The number of carboxylic acids is 1. The molecule has 12 heteroatoms. The largest absolute Gasteiger partial charge is 0.477 e. The van der Waals surface area contributed by atoms with Gasteiger partial charge in [-0.2, -0.15) is 5.10 Å². The van der Waals surface area contributed by atoms with Gasteiger partial charge in [-0.3, -0.25) is 19.3 Å². The maximum absolute atomic E-state index is 12.9. The highest BCUT2D eigenvalue weighted by atomic mass is 32.2. The molecule has 5 N–H and O–H groups in total. The summed E-state index contributed by atoms with van der Waals surface area (Å²) in [6.45, 7) is 0.303. The summed E-state index contributed by atoms with van der Waals surface area (Å²) >= 11 is 2.54. The molecule has 1 aromatic heterocycles. The summed E-state index contributed by atoms with van der Waals surface area (Å²) in [5, 5.41) is 18.6. The zero-order chi connectivity index (χ0) is 23.5. The number of amides is 2. The van der Waals surface area contributed by atoms with Crippen LogP contribution in [0.1, 0.15) is 17.5 Å². The van der Waals surface area contributed by atoms with E-state index in [1.807, 2.05) is 24.3 Å². The molecule has 2 aliphatic heterocycles. The Morgan fingerprint density at radius 2 is 2.00 bits per heavy atom. The number of carbonyl (C=O) groups excluding carboxylic acids is 2. The van der Waals surface area contributed by atoms with Crippen LogP contribution in [-0.2, 0) is 27.3 Å². The Balaban J connectivity index is 1.58. The van der Waals surface area contributed by atoms with Crippen molar-refractivity contribution >= 4 is 41.3 Å². The number of aliphatic carboxylic acids is 1. The van der Waals surface area contributed by atoms with E-state index in [0.717, 1.165) is 11.1 Å². The lowest BCUT2D eigenvalue weighted by molar-refractivity contribution is -0.146. The van der Waals surface area contributed by atoms with Crippen LogP contribution in [-0.4, -0.2) is 54.5 Å². The van der Waals surface area contributed by atoms with Crippen molar-refractivity contribution in [2.75, 3.05) is 5.75 Å². The normalized spacial score (nSPS) is 19.7. The van der Waals surface area contributed by atoms with E-state index in [-0.39, 0.29) is 47.0 Å². The molecular weight excluding hydrogens is 466 g/mol. The number of carbonyl (C=O) groups is 3. The minimum atomic E-state index is -1.23. The van der Waals surface area contributed by atoms with Gasteiger partial charge in [-0.05, 0) is 17.2 Å². The lowest BCUT2D eigenvalue weighted by Crippen LogP contribution is -2.57. The van der Waals surface area contributed by atoms with Crippen LogP contribution in [0, 0.1) is 0 Å². The summed E-state index contributed by atoms with van der Waals surface area (Å²) in [7, 11) is 0. The summed E-state index contributed by atoms with van der Waals surface area (Å²) < 4.78 is 0. The standard InChI is InChI=1S/C21H21N5O5S2/c22-9-12-4-2-1-3-11(12)7-15(28)23-20-13(10-32-16-6-5-14(27)24-25-16)19(21(30)31)26-17(29)8-18(26)33-20/h1-6,18,20H,7-10,22H2,(H,23,28)(H,24,27)(H,30,31)/t18-,20?/m1/s1. The first-order valence-corrected chi connectivity index (χ1v) is 12.0. The van der Waals surface area contributed by atoms with E-state index in [1.54, 1.807) is 0 Å². The maximum Gasteiger partial charge on any atom is 0.352 e. The number of fused-ring (bicyclic) bond motifs is 1. The fourth-order valence-electron chi connectivity index (χ4n) is 3.65. The van der Waals surface area contributed by atoms with Crippen molar-refractivity contribution in [2.45, 2.75) is 35.2 Å². The SMILES string of the molecule is NCc1ccccc1CC(=O)NC1S[C@@H]2CC(=O)N2C(C(=O)O)=C1CSc1ccc(=O)[nH]n1. The molecule has 1 saturated heterocycles. The molecule has 33 heavy (non-hydrogen) atoms. The third-order valence-electron chi connectivity index (χ3n) is 5.27. The molecule has 0 aliphatic carbocycles. The Morgan fingerprint density at radius 3 is 2.64 bits per heavy atom. The van der Waals surface area contributed by atoms with Crippen LogP contribution in [0.2, 0.25) is 0 Å². The molecule has 0 saturated carbocycles. The number of nitrogens with zero attached hydrogens (tertiary/aromatic N) is 2. The van der Waals surface area contributed by atoms with Gasteiger partial charge >= 0.3 is 5.97 Å². The zero-order valence-electron chi connectivity index (χ0n) is 17.3. The van der Waals surface area contributed by atoms with E-state index in [2.05, 4.69) is 15.5 Å². The quantitative estimate of drug-likeness (QED) is 0.310. The Labute approximate surface area is 197 Å². The van der Waals surface area contributed by atoms with Gasteiger partial charge in [0, 0.05) is 23.9 Å². The van der Waals surface area contributed by atoms with Crippen molar-refractivity contribution in [3.8, 4) is 0 Å². The molecular formula is C21H21N5O5S2. The molecule has 0 radical (unpaired) electrons. The van der Waals surface area contributed by atoms with Crippen LogP contribution in [0.5, 0.6) is 0 Å². The average Bonchev–Trinajstić information content (AvgIpc) is 2.78. The summed E-state index contributed by atoms with van der Waals surface area (Å²) in [6, 6.07) is 10.2. The predicted molar refractivity (Wildman–Crippen MR) is 123 cm³/mol. The minimum Gasteiger partial charge on any atom is -0.477 e. The topological polar surface area (TPSA) is 158 Å². The minimum absolute atomic E-state index is 0.0993. The molecule has 10 nitrogen and oxygen atoms in total. The number of nitrogens with two attached hydrogens (primary N) is 1. The van der Waals surface area contributed by atoms with Gasteiger partial charge in [0.15, 0.2) is 0 Å². The molecule has 3 heterocycles. The summed E-state index contributed by atoms with van der Waals surface area (Å²) in [4.78, 5) is 49.6. The average molecular weight is 488 g/mol. The smallest absolute Gasteiger partial charge is 0.352 e. The number of thioether (sulfide) groups is 2. The van der Waals surface area contributed by atoms with E-state index in [9.17, 15) is 24.3 Å². The monoisotopic (exact) mass is 487 g/mol. The van der Waals surface area contributed by atoms with Crippen LogP contribution in [0.25, 0.3) is 0 Å². The second kappa shape index (κ2) is 9.81. The van der Waals surface area contributed by atoms with E-state index in [4.69, 9.17) is 5.73 Å². The molecule has 1 unspecified atom stereocenters. The highest BCUT2D eigenvalue weighted by Crippen LogP contribution is 2.44. The van der Waals surface area contributed by atoms with E-state index in [1.165, 1.54) is 40.6 Å². The maximum atomic E-state index is 12.9. The van der Waals surface area contributed by atoms with Gasteiger partial charge in [-0.25, -0.2) is 9.89 Å². The number of carboxylic acid groups (broad SMARTS) is 1. The predicted octanol–water partition coefficient (Wildman–Crippen LogP) is 0.650. The van der Waals surface area contributed by atoms with Crippen molar-refractivity contribution in [3.05, 3.63) is 69.1 Å². The Kier molecular flexibility index (Phi) is 6.86. The second-order valence-electron chi connectivity index (χ2n) is 7.38. The fraction of sp³-hybridized carbons (Fsp3) is 0.286. The summed E-state index contributed by atoms with van der Waals surface area (Å²) in [5.41, 5.74) is 7.36. The molecule has 2 aliphatic rings. The first-order chi connectivity index (χ1) is 15.9. The van der Waals surface area contributed by atoms with Crippen LogP contribution in [0.4, 0.5) is 0 Å². The van der Waals surface area contributed by atoms with Gasteiger partial charge in [0.05, 0.1) is 18.2 Å². The molecule has 0 spiro atoms. The number of aromatic nitrogens is 2. The van der Waals surface area contributed by atoms with E-state index in [0.29, 0.717) is 17.1 Å². The molecule has 1 fully saturated rings. The lowest BCUT2D eigenvalue weighted by atomic mass is 10.0. The van der Waals surface area contributed by atoms with Crippen molar-refractivity contribution in [1.82, 2.24) is 20.4 Å². The number of aromatic amines is 1. The number of rotatable bonds is 8. The first kappa shape index (κ1) is 23.1. The molecule has 4 rings (SSSR count). The van der Waals surface area contributed by atoms with E-state index < -0.39 is 11.3 Å². The number of hydrogen-bond donors (Lipinski definition) is 4. The number of H-pyrrole nitrogens is 1. The molecule has 0 bridgehead atoms. The van der Waals surface area contributed by atoms with Gasteiger partial charge in [-0.15, -0.1) is 23.5 Å². The van der Waals surface area contributed by atoms with Crippen molar-refractivity contribution in [2.24, 2.45) is 5.73 Å². The van der Waals surface area contributed by atoms with Gasteiger partial charge < -0.3 is 16.2 Å². The zero-order valence-corrected chi connectivity index (χ0v) is 18.9. The van der Waals surface area contributed by atoms with Gasteiger partial charge in [0.1, 0.15) is 16.1 Å². The number of hydrogen-bond acceptors (Lipinski definition) is 8. The molecule has 172 valence electrons. The fourth-order valence-corrected chi connectivity index (χ4v) is 6.09.